The SMILES string of the molecule is C=CC(=C)C(CCCCCCCC)(C(=C)C=C)c1cccc(C(C)(C)C)c1. The lowest BCUT2D eigenvalue weighted by Gasteiger charge is -2.37. The van der Waals surface area contributed by atoms with E-state index >= 15 is 0 Å². The molecule has 0 aliphatic rings. The first-order valence-electron chi connectivity index (χ1n) is 10.5. The third-order valence-corrected chi connectivity index (χ3v) is 5.72. The Morgan fingerprint density at radius 1 is 0.852 bits per heavy atom. The molecule has 0 nitrogen and oxygen atoms in total. The van der Waals surface area contributed by atoms with Gasteiger partial charge in [-0.3, -0.25) is 0 Å². The third-order valence-electron chi connectivity index (χ3n) is 5.72. The molecule has 0 radical (unpaired) electrons. The first kappa shape index (κ1) is 23.2. The van der Waals surface area contributed by atoms with Gasteiger partial charge in [0.15, 0.2) is 0 Å². The Kier molecular flexibility index (Phi) is 9.03. The van der Waals surface area contributed by atoms with Crippen molar-refractivity contribution < 1.29 is 0 Å². The smallest absolute Gasteiger partial charge is 0.0439 e. The molecule has 27 heavy (non-hydrogen) atoms. The van der Waals surface area contributed by atoms with Crippen molar-refractivity contribution in [1.29, 1.82) is 0 Å². The standard InChI is InChI=1S/C27H40/c1-9-12-13-14-15-16-20-27(22(4)10-2,23(5)11-3)25-19-17-18-24(21-25)26(6,7)8/h10-11,17-19,21H,2-5,9,12-16,20H2,1,6-8H3. The van der Waals surface area contributed by atoms with Gasteiger partial charge >= 0.3 is 0 Å². The molecule has 148 valence electrons. The van der Waals surface area contributed by atoms with E-state index in [0.717, 1.165) is 24.0 Å². The summed E-state index contributed by atoms with van der Waals surface area (Å²) < 4.78 is 0. The van der Waals surface area contributed by atoms with Crippen molar-refractivity contribution in [3.05, 3.63) is 85.0 Å². The van der Waals surface area contributed by atoms with Crippen molar-refractivity contribution in [2.75, 3.05) is 0 Å². The molecule has 0 saturated heterocycles. The normalized spacial score (nSPS) is 11.9. The van der Waals surface area contributed by atoms with Gasteiger partial charge in [0, 0.05) is 5.41 Å². The van der Waals surface area contributed by atoms with Crippen LogP contribution in [-0.2, 0) is 10.8 Å². The zero-order chi connectivity index (χ0) is 20.5. The van der Waals surface area contributed by atoms with E-state index in [0.29, 0.717) is 0 Å². The third kappa shape index (κ3) is 5.83. The highest BCUT2D eigenvalue weighted by molar-refractivity contribution is 5.52. The van der Waals surface area contributed by atoms with Gasteiger partial charge in [-0.15, -0.1) is 0 Å². The summed E-state index contributed by atoms with van der Waals surface area (Å²) in [5, 5.41) is 0. The van der Waals surface area contributed by atoms with Crippen molar-refractivity contribution in [2.24, 2.45) is 0 Å². The first-order valence-corrected chi connectivity index (χ1v) is 10.5. The zero-order valence-electron chi connectivity index (χ0n) is 18.2. The summed E-state index contributed by atoms with van der Waals surface area (Å²) in [4.78, 5) is 0. The molecule has 1 aromatic rings. The second kappa shape index (κ2) is 10.5. The summed E-state index contributed by atoms with van der Waals surface area (Å²) in [6.45, 7) is 25.9. The Labute approximate surface area is 168 Å². The Hall–Kier alpha value is -1.82. The number of rotatable bonds is 12. The molecule has 0 N–H and O–H groups in total. The lowest BCUT2D eigenvalue weighted by molar-refractivity contribution is 0.497. The van der Waals surface area contributed by atoms with Crippen LogP contribution >= 0.6 is 0 Å². The van der Waals surface area contributed by atoms with Gasteiger partial charge in [0.2, 0.25) is 0 Å². The Morgan fingerprint density at radius 2 is 1.37 bits per heavy atom. The largest absolute Gasteiger partial charge is 0.0988 e. The Bertz CT molecular complexity index is 631. The van der Waals surface area contributed by atoms with Crippen molar-refractivity contribution >= 4 is 0 Å². The minimum Gasteiger partial charge on any atom is -0.0988 e. The van der Waals surface area contributed by atoms with Crippen LogP contribution in [0, 0.1) is 0 Å². The van der Waals surface area contributed by atoms with Crippen LogP contribution in [0.4, 0.5) is 0 Å². The van der Waals surface area contributed by atoms with Gasteiger partial charge in [0.25, 0.3) is 0 Å². The van der Waals surface area contributed by atoms with Crippen LogP contribution in [0.2, 0.25) is 0 Å². The van der Waals surface area contributed by atoms with Crippen molar-refractivity contribution in [3.8, 4) is 0 Å². The minimum absolute atomic E-state index is 0.104. The van der Waals surface area contributed by atoms with E-state index in [9.17, 15) is 0 Å². The molecule has 0 spiro atoms. The van der Waals surface area contributed by atoms with Crippen molar-refractivity contribution in [3.63, 3.8) is 0 Å². The fraction of sp³-hybridized carbons (Fsp3) is 0.481. The molecule has 0 heterocycles. The van der Waals surface area contributed by atoms with E-state index in [-0.39, 0.29) is 10.8 Å². The van der Waals surface area contributed by atoms with Crippen LogP contribution < -0.4 is 0 Å². The van der Waals surface area contributed by atoms with E-state index in [2.05, 4.69) is 78.3 Å². The maximum atomic E-state index is 4.38. The maximum Gasteiger partial charge on any atom is 0.0439 e. The molecule has 0 aliphatic heterocycles. The van der Waals surface area contributed by atoms with Gasteiger partial charge < -0.3 is 0 Å². The molecule has 0 fully saturated rings. The average molecular weight is 365 g/mol. The quantitative estimate of drug-likeness (QED) is 0.258. The lowest BCUT2D eigenvalue weighted by Crippen LogP contribution is -2.30. The van der Waals surface area contributed by atoms with Crippen LogP contribution in [0.3, 0.4) is 0 Å². The molecule has 0 aliphatic carbocycles. The maximum absolute atomic E-state index is 4.38. The van der Waals surface area contributed by atoms with Crippen LogP contribution in [0.25, 0.3) is 0 Å². The number of benzene rings is 1. The number of allylic oxidation sites excluding steroid dienone is 4. The van der Waals surface area contributed by atoms with E-state index < -0.39 is 0 Å². The summed E-state index contributed by atoms with van der Waals surface area (Å²) in [5.74, 6) is 0. The summed E-state index contributed by atoms with van der Waals surface area (Å²) in [6.07, 6.45) is 12.4. The second-order valence-electron chi connectivity index (χ2n) is 8.71. The van der Waals surface area contributed by atoms with Gasteiger partial charge in [-0.05, 0) is 34.1 Å². The lowest BCUT2D eigenvalue weighted by atomic mass is 9.65. The molecule has 0 amide bonds. The van der Waals surface area contributed by atoms with Gasteiger partial charge in [0.1, 0.15) is 0 Å². The highest BCUT2D eigenvalue weighted by atomic mass is 14.4. The van der Waals surface area contributed by atoms with Crippen molar-refractivity contribution in [2.45, 2.75) is 83.5 Å². The van der Waals surface area contributed by atoms with E-state index in [1.165, 1.54) is 43.2 Å². The van der Waals surface area contributed by atoms with E-state index in [4.69, 9.17) is 0 Å². The molecular weight excluding hydrogens is 324 g/mol. The molecule has 1 rings (SSSR count). The van der Waals surface area contributed by atoms with Gasteiger partial charge in [-0.1, -0.05) is 129 Å². The topological polar surface area (TPSA) is 0 Å². The molecule has 0 saturated carbocycles. The number of hydrogen-bond donors (Lipinski definition) is 0. The molecule has 0 aromatic heterocycles. The molecular formula is C27H40. The molecule has 1 aromatic carbocycles. The van der Waals surface area contributed by atoms with Crippen LogP contribution in [0.5, 0.6) is 0 Å². The Balaban J connectivity index is 3.28. The van der Waals surface area contributed by atoms with Crippen LogP contribution in [0.15, 0.2) is 73.9 Å². The predicted molar refractivity (Wildman–Crippen MR) is 123 cm³/mol. The fourth-order valence-corrected chi connectivity index (χ4v) is 3.81. The predicted octanol–water partition coefficient (Wildman–Crippen LogP) is 8.46. The van der Waals surface area contributed by atoms with Crippen LogP contribution in [0.1, 0.15) is 83.8 Å². The average Bonchev–Trinajstić information content (AvgIpc) is 2.66. The number of hydrogen-bond acceptors (Lipinski definition) is 0. The highest BCUT2D eigenvalue weighted by Crippen LogP contribution is 2.44. The Morgan fingerprint density at radius 3 is 1.89 bits per heavy atom. The highest BCUT2D eigenvalue weighted by Gasteiger charge is 2.36. The monoisotopic (exact) mass is 364 g/mol. The first-order chi connectivity index (χ1) is 12.7. The van der Waals surface area contributed by atoms with Gasteiger partial charge in [-0.25, -0.2) is 0 Å². The minimum atomic E-state index is -0.310. The van der Waals surface area contributed by atoms with Crippen molar-refractivity contribution in [1.82, 2.24) is 0 Å². The summed E-state index contributed by atoms with van der Waals surface area (Å²) >= 11 is 0. The molecule has 0 atom stereocenters. The van der Waals surface area contributed by atoms with Gasteiger partial charge in [0.05, 0.1) is 0 Å². The molecule has 0 heteroatoms. The van der Waals surface area contributed by atoms with E-state index in [1.54, 1.807) is 0 Å². The number of unbranched alkanes of at least 4 members (excludes halogenated alkanes) is 5. The summed E-state index contributed by atoms with van der Waals surface area (Å²) in [7, 11) is 0. The van der Waals surface area contributed by atoms with Crippen LogP contribution in [-0.4, -0.2) is 0 Å². The molecule has 0 unspecified atom stereocenters. The summed E-state index contributed by atoms with van der Waals surface area (Å²) in [6, 6.07) is 8.93. The summed E-state index contributed by atoms with van der Waals surface area (Å²) in [5.41, 5.74) is 4.43. The fourth-order valence-electron chi connectivity index (χ4n) is 3.81. The zero-order valence-corrected chi connectivity index (χ0v) is 18.2. The second-order valence-corrected chi connectivity index (χ2v) is 8.71. The van der Waals surface area contributed by atoms with Gasteiger partial charge in [-0.2, -0.15) is 0 Å². The van der Waals surface area contributed by atoms with E-state index in [1.807, 2.05) is 12.2 Å². The molecule has 0 bridgehead atoms.